The Kier molecular flexibility index (Phi) is 5.69. The minimum Gasteiger partial charge on any atom is -0.351 e. The Balaban J connectivity index is 0.00000161. The maximum absolute atomic E-state index is 12.8. The highest BCUT2D eigenvalue weighted by molar-refractivity contribution is 9.10. The minimum absolute atomic E-state index is 0. The van der Waals surface area contributed by atoms with E-state index in [9.17, 15) is 4.79 Å². The molecule has 1 atom stereocenters. The van der Waals surface area contributed by atoms with Crippen LogP contribution in [0.25, 0.3) is 0 Å². The fourth-order valence-electron chi connectivity index (χ4n) is 3.24. The van der Waals surface area contributed by atoms with Crippen LogP contribution >= 0.6 is 28.3 Å². The number of carbonyl (C=O) groups is 1. The van der Waals surface area contributed by atoms with Crippen molar-refractivity contribution in [2.75, 3.05) is 13.1 Å². The molecule has 5 heteroatoms. The van der Waals surface area contributed by atoms with Crippen LogP contribution in [-0.2, 0) is 10.2 Å². The van der Waals surface area contributed by atoms with Crippen molar-refractivity contribution in [1.29, 1.82) is 0 Å². The van der Waals surface area contributed by atoms with Crippen molar-refractivity contribution < 1.29 is 4.79 Å². The largest absolute Gasteiger partial charge is 0.351 e. The van der Waals surface area contributed by atoms with E-state index >= 15 is 0 Å². The first kappa shape index (κ1) is 16.8. The summed E-state index contributed by atoms with van der Waals surface area (Å²) in [6, 6.07) is 8.53. The lowest BCUT2D eigenvalue weighted by Gasteiger charge is -2.42. The summed E-state index contributed by atoms with van der Waals surface area (Å²) in [5.74, 6) is 0.222. The second-order valence-corrected chi connectivity index (χ2v) is 6.87. The van der Waals surface area contributed by atoms with Crippen molar-refractivity contribution in [2.24, 2.45) is 0 Å². The molecule has 0 spiro atoms. The monoisotopic (exact) mass is 372 g/mol. The zero-order valence-corrected chi connectivity index (χ0v) is 14.4. The summed E-state index contributed by atoms with van der Waals surface area (Å²) in [5.41, 5.74) is 0.881. The molecular formula is C16H22BrClN2O. The van der Waals surface area contributed by atoms with Gasteiger partial charge in [0, 0.05) is 17.1 Å². The van der Waals surface area contributed by atoms with Gasteiger partial charge in [-0.15, -0.1) is 12.4 Å². The van der Waals surface area contributed by atoms with E-state index in [0.29, 0.717) is 6.04 Å². The molecule has 1 amide bonds. The van der Waals surface area contributed by atoms with Gasteiger partial charge in [0.2, 0.25) is 5.91 Å². The second kappa shape index (κ2) is 7.12. The zero-order valence-electron chi connectivity index (χ0n) is 12.0. The Hall–Kier alpha value is -0.580. The zero-order chi connectivity index (χ0) is 14.0. The summed E-state index contributed by atoms with van der Waals surface area (Å²) in [5, 5.41) is 6.62. The van der Waals surface area contributed by atoms with E-state index < -0.39 is 0 Å². The first-order valence-corrected chi connectivity index (χ1v) is 8.28. The summed E-state index contributed by atoms with van der Waals surface area (Å²) in [6.45, 7) is 1.98. The summed E-state index contributed by atoms with van der Waals surface area (Å²) < 4.78 is 1.06. The first-order chi connectivity index (χ1) is 9.71. The lowest BCUT2D eigenvalue weighted by Crippen LogP contribution is -2.55. The van der Waals surface area contributed by atoms with Gasteiger partial charge in [0.05, 0.1) is 5.41 Å². The molecule has 0 radical (unpaired) electrons. The van der Waals surface area contributed by atoms with Gasteiger partial charge in [-0.2, -0.15) is 0 Å². The number of nitrogens with one attached hydrogen (secondary N) is 2. The van der Waals surface area contributed by atoms with Crippen molar-refractivity contribution in [3.63, 3.8) is 0 Å². The van der Waals surface area contributed by atoms with E-state index in [0.717, 1.165) is 55.2 Å². The van der Waals surface area contributed by atoms with Crippen molar-refractivity contribution >= 4 is 34.2 Å². The number of hydrogen-bond acceptors (Lipinski definition) is 2. The van der Waals surface area contributed by atoms with Crippen LogP contribution in [0, 0.1) is 0 Å². The highest BCUT2D eigenvalue weighted by Gasteiger charge is 2.46. The molecule has 1 aliphatic carbocycles. The lowest BCUT2D eigenvalue weighted by molar-refractivity contribution is -0.130. The van der Waals surface area contributed by atoms with E-state index in [2.05, 4.69) is 38.7 Å². The van der Waals surface area contributed by atoms with Crippen molar-refractivity contribution in [3.05, 3.63) is 34.3 Å². The van der Waals surface area contributed by atoms with Gasteiger partial charge < -0.3 is 10.6 Å². The van der Waals surface area contributed by atoms with Gasteiger partial charge in [0.1, 0.15) is 0 Å². The predicted octanol–water partition coefficient (Wildman–Crippen LogP) is 3.16. The molecule has 1 saturated heterocycles. The van der Waals surface area contributed by atoms with Crippen LogP contribution in [0.15, 0.2) is 28.7 Å². The van der Waals surface area contributed by atoms with Crippen LogP contribution in [0.2, 0.25) is 0 Å². The first-order valence-electron chi connectivity index (χ1n) is 7.48. The third-order valence-corrected chi connectivity index (χ3v) is 5.20. The molecule has 1 aromatic carbocycles. The molecule has 0 unspecified atom stereocenters. The number of amides is 1. The van der Waals surface area contributed by atoms with Gasteiger partial charge in [-0.3, -0.25) is 4.79 Å². The van der Waals surface area contributed by atoms with E-state index in [1.54, 1.807) is 0 Å². The quantitative estimate of drug-likeness (QED) is 0.854. The van der Waals surface area contributed by atoms with E-state index in [1.165, 1.54) is 0 Å². The molecule has 21 heavy (non-hydrogen) atoms. The van der Waals surface area contributed by atoms with Crippen LogP contribution in [-0.4, -0.2) is 25.0 Å². The standard InChI is InChI=1S/C16H21BrN2O.ClH/c17-13-6-4-12(5-7-13)16(8-2-9-16)15(20)19-14-3-1-10-18-11-14;/h4-7,14,18H,1-3,8-11H2,(H,19,20);1H/t14-;/m0./s1. The smallest absolute Gasteiger partial charge is 0.230 e. The van der Waals surface area contributed by atoms with Gasteiger partial charge in [-0.05, 0) is 49.9 Å². The Labute approximate surface area is 140 Å². The molecule has 0 bridgehead atoms. The van der Waals surface area contributed by atoms with E-state index in [1.807, 2.05) is 12.1 Å². The number of carbonyl (C=O) groups excluding carboxylic acids is 1. The minimum atomic E-state index is -0.280. The Morgan fingerprint density at radius 3 is 2.48 bits per heavy atom. The maximum atomic E-state index is 12.8. The molecule has 0 aromatic heterocycles. The normalized spacial score (nSPS) is 23.6. The Bertz CT molecular complexity index is 482. The van der Waals surface area contributed by atoms with Crippen LogP contribution < -0.4 is 10.6 Å². The number of hydrogen-bond donors (Lipinski definition) is 2. The number of benzene rings is 1. The Morgan fingerprint density at radius 1 is 1.24 bits per heavy atom. The van der Waals surface area contributed by atoms with Gasteiger partial charge in [0.25, 0.3) is 0 Å². The highest BCUT2D eigenvalue weighted by Crippen LogP contribution is 2.44. The molecule has 2 aliphatic rings. The average molecular weight is 374 g/mol. The summed E-state index contributed by atoms with van der Waals surface area (Å²) in [4.78, 5) is 12.8. The summed E-state index contributed by atoms with van der Waals surface area (Å²) in [6.07, 6.45) is 5.33. The van der Waals surface area contributed by atoms with Crippen LogP contribution in [0.3, 0.4) is 0 Å². The SMILES string of the molecule is Cl.O=C(N[C@H]1CCCNC1)C1(c2ccc(Br)cc2)CCC1. The van der Waals surface area contributed by atoms with Gasteiger partial charge in [0.15, 0.2) is 0 Å². The topological polar surface area (TPSA) is 41.1 Å². The average Bonchev–Trinajstić information content (AvgIpc) is 2.41. The number of halogens is 2. The second-order valence-electron chi connectivity index (χ2n) is 5.96. The maximum Gasteiger partial charge on any atom is 0.230 e. The Morgan fingerprint density at radius 2 is 1.95 bits per heavy atom. The van der Waals surface area contributed by atoms with Gasteiger partial charge in [-0.25, -0.2) is 0 Å². The summed E-state index contributed by atoms with van der Waals surface area (Å²) in [7, 11) is 0. The number of rotatable bonds is 3. The molecule has 3 rings (SSSR count). The fraction of sp³-hybridized carbons (Fsp3) is 0.562. The molecule has 116 valence electrons. The predicted molar refractivity (Wildman–Crippen MR) is 91.0 cm³/mol. The van der Waals surface area contributed by atoms with Crippen LogP contribution in [0.1, 0.15) is 37.7 Å². The van der Waals surface area contributed by atoms with E-state index in [4.69, 9.17) is 0 Å². The number of piperidine rings is 1. The third kappa shape index (κ3) is 3.43. The molecule has 1 aliphatic heterocycles. The van der Waals surface area contributed by atoms with Crippen molar-refractivity contribution in [3.8, 4) is 0 Å². The molecule has 1 saturated carbocycles. The molecule has 1 aromatic rings. The van der Waals surface area contributed by atoms with Crippen molar-refractivity contribution in [1.82, 2.24) is 10.6 Å². The van der Waals surface area contributed by atoms with E-state index in [-0.39, 0.29) is 23.7 Å². The van der Waals surface area contributed by atoms with Crippen LogP contribution in [0.4, 0.5) is 0 Å². The molecular weight excluding hydrogens is 352 g/mol. The molecule has 2 fully saturated rings. The molecule has 1 heterocycles. The fourth-order valence-corrected chi connectivity index (χ4v) is 3.51. The van der Waals surface area contributed by atoms with Gasteiger partial charge in [-0.1, -0.05) is 34.5 Å². The van der Waals surface area contributed by atoms with Gasteiger partial charge >= 0.3 is 0 Å². The molecule has 2 N–H and O–H groups in total. The van der Waals surface area contributed by atoms with Crippen molar-refractivity contribution in [2.45, 2.75) is 43.6 Å². The third-order valence-electron chi connectivity index (χ3n) is 4.67. The lowest BCUT2D eigenvalue weighted by atomic mass is 9.63. The van der Waals surface area contributed by atoms with Crippen LogP contribution in [0.5, 0.6) is 0 Å². The highest BCUT2D eigenvalue weighted by atomic mass is 79.9. The summed E-state index contributed by atoms with van der Waals surface area (Å²) >= 11 is 3.46. The molecule has 3 nitrogen and oxygen atoms in total.